The summed E-state index contributed by atoms with van der Waals surface area (Å²) in [5.74, 6) is -0.240. The predicted octanol–water partition coefficient (Wildman–Crippen LogP) is 3.99. The monoisotopic (exact) mass is 299 g/mol. The van der Waals surface area contributed by atoms with Crippen LogP contribution in [0.2, 0.25) is 0 Å². The number of aliphatic carboxylic acids is 1. The second-order valence-electron chi connectivity index (χ2n) is 6.42. The number of unbranched alkanes of at least 4 members (excludes halogenated alkanes) is 5. The van der Waals surface area contributed by atoms with Crippen molar-refractivity contribution in [3.63, 3.8) is 0 Å². The van der Waals surface area contributed by atoms with Crippen LogP contribution >= 0.6 is 0 Å². The third-order valence-electron chi connectivity index (χ3n) is 3.61. The Labute approximate surface area is 129 Å². The molecular weight excluding hydrogens is 266 g/mol. The number of nitrogens with one attached hydrogen (secondary N) is 1. The molecule has 0 saturated carbocycles. The molecule has 0 unspecified atom stereocenters. The van der Waals surface area contributed by atoms with Crippen molar-refractivity contribution in [2.75, 3.05) is 6.54 Å². The van der Waals surface area contributed by atoms with Crippen LogP contribution in [0.5, 0.6) is 0 Å². The lowest BCUT2D eigenvalue weighted by molar-refractivity contribution is -0.138. The zero-order valence-electron chi connectivity index (χ0n) is 14.0. The minimum atomic E-state index is -0.786. The quantitative estimate of drug-likeness (QED) is 0.505. The second kappa shape index (κ2) is 12.7. The van der Waals surface area contributed by atoms with Gasteiger partial charge in [0, 0.05) is 19.4 Å². The molecule has 4 heteroatoms. The highest BCUT2D eigenvalue weighted by Crippen LogP contribution is 2.15. The van der Waals surface area contributed by atoms with Crippen molar-refractivity contribution in [3.8, 4) is 0 Å². The predicted molar refractivity (Wildman–Crippen MR) is 86.2 cm³/mol. The van der Waals surface area contributed by atoms with Gasteiger partial charge in [-0.3, -0.25) is 9.59 Å². The first-order valence-electron chi connectivity index (χ1n) is 8.44. The molecule has 0 aliphatic carbocycles. The van der Waals surface area contributed by atoms with Crippen LogP contribution in [0.3, 0.4) is 0 Å². The number of carbonyl (C=O) groups is 2. The normalized spacial score (nSPS) is 12.4. The highest BCUT2D eigenvalue weighted by molar-refractivity contribution is 5.75. The fourth-order valence-electron chi connectivity index (χ4n) is 2.56. The molecule has 1 amide bonds. The smallest absolute Gasteiger partial charge is 0.303 e. The van der Waals surface area contributed by atoms with E-state index in [0.29, 0.717) is 18.9 Å². The topological polar surface area (TPSA) is 66.4 Å². The van der Waals surface area contributed by atoms with Crippen LogP contribution in [0.15, 0.2) is 0 Å². The highest BCUT2D eigenvalue weighted by Gasteiger charge is 2.15. The van der Waals surface area contributed by atoms with Gasteiger partial charge in [-0.2, -0.15) is 0 Å². The lowest BCUT2D eigenvalue weighted by atomic mass is 9.94. The number of hydrogen-bond donors (Lipinski definition) is 2. The maximum atomic E-state index is 11.7. The number of amides is 1. The number of carbonyl (C=O) groups excluding carboxylic acids is 1. The van der Waals surface area contributed by atoms with E-state index in [-0.39, 0.29) is 18.2 Å². The summed E-state index contributed by atoms with van der Waals surface area (Å²) in [4.78, 5) is 22.6. The van der Waals surface area contributed by atoms with Crippen LogP contribution < -0.4 is 5.32 Å². The standard InChI is InChI=1S/C17H33NO3/c1-4-5-6-7-8-9-10-16(19)18-13-15(11-14(2)3)12-17(20)21/h14-15H,4-13H2,1-3H3,(H,18,19)(H,20,21)/t15-/m0/s1. The van der Waals surface area contributed by atoms with Crippen molar-refractivity contribution in [1.29, 1.82) is 0 Å². The molecule has 0 saturated heterocycles. The SMILES string of the molecule is CCCCCCCCC(=O)NC[C@H](CC(=O)O)CC(C)C. The summed E-state index contributed by atoms with van der Waals surface area (Å²) < 4.78 is 0. The van der Waals surface area contributed by atoms with Gasteiger partial charge in [-0.15, -0.1) is 0 Å². The van der Waals surface area contributed by atoms with Crippen molar-refractivity contribution in [2.45, 2.75) is 78.6 Å². The van der Waals surface area contributed by atoms with Crippen molar-refractivity contribution in [2.24, 2.45) is 11.8 Å². The van der Waals surface area contributed by atoms with Crippen molar-refractivity contribution < 1.29 is 14.7 Å². The summed E-state index contributed by atoms with van der Waals surface area (Å²) in [6.07, 6.45) is 8.55. The van der Waals surface area contributed by atoms with Gasteiger partial charge in [0.25, 0.3) is 0 Å². The van der Waals surface area contributed by atoms with E-state index in [4.69, 9.17) is 5.11 Å². The second-order valence-corrected chi connectivity index (χ2v) is 6.42. The lowest BCUT2D eigenvalue weighted by Crippen LogP contribution is -2.30. The molecule has 4 nitrogen and oxygen atoms in total. The molecule has 2 N–H and O–H groups in total. The van der Waals surface area contributed by atoms with Gasteiger partial charge in [-0.1, -0.05) is 52.9 Å². The molecule has 0 aromatic heterocycles. The van der Waals surface area contributed by atoms with E-state index in [1.54, 1.807) is 0 Å². The van der Waals surface area contributed by atoms with Gasteiger partial charge >= 0.3 is 5.97 Å². The third-order valence-corrected chi connectivity index (χ3v) is 3.61. The Morgan fingerprint density at radius 2 is 1.67 bits per heavy atom. The Morgan fingerprint density at radius 1 is 1.05 bits per heavy atom. The molecule has 0 aromatic carbocycles. The first kappa shape index (κ1) is 19.9. The molecule has 0 aromatic rings. The molecule has 0 bridgehead atoms. The van der Waals surface area contributed by atoms with Crippen molar-refractivity contribution >= 4 is 11.9 Å². The third kappa shape index (κ3) is 13.7. The van der Waals surface area contributed by atoms with Crippen molar-refractivity contribution in [1.82, 2.24) is 5.32 Å². The molecule has 21 heavy (non-hydrogen) atoms. The first-order valence-corrected chi connectivity index (χ1v) is 8.44. The number of carboxylic acids is 1. The molecule has 0 aliphatic heterocycles. The summed E-state index contributed by atoms with van der Waals surface area (Å²) in [7, 11) is 0. The minimum absolute atomic E-state index is 0.0380. The molecule has 124 valence electrons. The Kier molecular flexibility index (Phi) is 12.0. The Bertz CT molecular complexity index is 290. The molecule has 0 rings (SSSR count). The van der Waals surface area contributed by atoms with E-state index in [1.165, 1.54) is 25.7 Å². The lowest BCUT2D eigenvalue weighted by Gasteiger charge is -2.17. The first-order chi connectivity index (χ1) is 9.95. The van der Waals surface area contributed by atoms with Gasteiger partial charge in [0.15, 0.2) is 0 Å². The van der Waals surface area contributed by atoms with E-state index in [0.717, 1.165) is 19.3 Å². The van der Waals surface area contributed by atoms with Gasteiger partial charge in [0.1, 0.15) is 0 Å². The van der Waals surface area contributed by atoms with E-state index < -0.39 is 5.97 Å². The highest BCUT2D eigenvalue weighted by atomic mass is 16.4. The fraction of sp³-hybridized carbons (Fsp3) is 0.882. The fourth-order valence-corrected chi connectivity index (χ4v) is 2.56. The van der Waals surface area contributed by atoms with E-state index in [9.17, 15) is 9.59 Å². The van der Waals surface area contributed by atoms with Gasteiger partial charge < -0.3 is 10.4 Å². The summed E-state index contributed by atoms with van der Waals surface area (Å²) >= 11 is 0. The molecular formula is C17H33NO3. The van der Waals surface area contributed by atoms with E-state index in [1.807, 2.05) is 0 Å². The Morgan fingerprint density at radius 3 is 2.24 bits per heavy atom. The minimum Gasteiger partial charge on any atom is -0.481 e. The molecule has 0 aliphatic rings. The summed E-state index contributed by atoms with van der Waals surface area (Å²) in [6, 6.07) is 0. The van der Waals surface area contributed by atoms with Gasteiger partial charge in [0.05, 0.1) is 0 Å². The largest absolute Gasteiger partial charge is 0.481 e. The zero-order valence-corrected chi connectivity index (χ0v) is 14.0. The maximum Gasteiger partial charge on any atom is 0.303 e. The van der Waals surface area contributed by atoms with Gasteiger partial charge in [-0.25, -0.2) is 0 Å². The molecule has 0 fully saturated rings. The van der Waals surface area contributed by atoms with Crippen molar-refractivity contribution in [3.05, 3.63) is 0 Å². The molecule has 1 atom stereocenters. The van der Waals surface area contributed by atoms with Gasteiger partial charge in [-0.05, 0) is 24.7 Å². The number of rotatable bonds is 13. The molecule has 0 heterocycles. The van der Waals surface area contributed by atoms with Crippen LogP contribution in [-0.4, -0.2) is 23.5 Å². The number of hydrogen-bond acceptors (Lipinski definition) is 2. The average Bonchev–Trinajstić information content (AvgIpc) is 2.38. The van der Waals surface area contributed by atoms with Crippen LogP contribution in [-0.2, 0) is 9.59 Å². The van der Waals surface area contributed by atoms with Crippen LogP contribution in [0.25, 0.3) is 0 Å². The summed E-state index contributed by atoms with van der Waals surface area (Å²) in [5.41, 5.74) is 0. The van der Waals surface area contributed by atoms with E-state index in [2.05, 4.69) is 26.1 Å². The zero-order chi connectivity index (χ0) is 16.1. The average molecular weight is 299 g/mol. The van der Waals surface area contributed by atoms with Crippen LogP contribution in [0.4, 0.5) is 0 Å². The molecule has 0 spiro atoms. The summed E-state index contributed by atoms with van der Waals surface area (Å²) in [5, 5.41) is 11.8. The maximum absolute atomic E-state index is 11.7. The van der Waals surface area contributed by atoms with Gasteiger partial charge in [0.2, 0.25) is 5.91 Å². The Hall–Kier alpha value is -1.06. The molecule has 0 radical (unpaired) electrons. The van der Waals surface area contributed by atoms with E-state index >= 15 is 0 Å². The number of carboxylic acid groups (broad SMARTS) is 1. The summed E-state index contributed by atoms with van der Waals surface area (Å²) in [6.45, 7) is 6.83. The Balaban J connectivity index is 3.78. The van der Waals surface area contributed by atoms with Crippen LogP contribution in [0.1, 0.15) is 78.6 Å². The van der Waals surface area contributed by atoms with Crippen LogP contribution in [0, 0.1) is 11.8 Å².